The van der Waals surface area contributed by atoms with Crippen molar-refractivity contribution in [3.63, 3.8) is 0 Å². The normalized spacial score (nSPS) is 25.4. The zero-order valence-corrected chi connectivity index (χ0v) is 19.7. The number of nitrogens with zero attached hydrogens (tertiary/aromatic N) is 1. The minimum absolute atomic E-state index is 0.356. The summed E-state index contributed by atoms with van der Waals surface area (Å²) in [5.74, 6) is 1.79. The fraction of sp³-hybridized carbons (Fsp3) is 0.310. The largest absolute Gasteiger partial charge is 0.237 e. The van der Waals surface area contributed by atoms with Crippen molar-refractivity contribution >= 4 is 22.5 Å². The van der Waals surface area contributed by atoms with E-state index in [2.05, 4.69) is 76.1 Å². The van der Waals surface area contributed by atoms with Crippen molar-refractivity contribution < 1.29 is 0 Å². The quantitative estimate of drug-likeness (QED) is 0.381. The van der Waals surface area contributed by atoms with Crippen LogP contribution in [-0.2, 0) is 0 Å². The molecule has 0 N–H and O–H groups in total. The van der Waals surface area contributed by atoms with E-state index in [9.17, 15) is 0 Å². The van der Waals surface area contributed by atoms with Crippen LogP contribution in [0.2, 0.25) is 0 Å². The SMILES string of the molecule is [CH2]\C=C/C=C\C=C/CC1C(c2csc(C3=CC(CC)=CC4CC34)n2)=CC(C(=C)C)=C1C. The number of fused-ring (bicyclic) bond motifs is 1. The zero-order chi connectivity index (χ0) is 22.0. The third-order valence-corrected chi connectivity index (χ3v) is 7.41. The molecule has 159 valence electrons. The van der Waals surface area contributed by atoms with E-state index >= 15 is 0 Å². The first kappa shape index (κ1) is 21.8. The van der Waals surface area contributed by atoms with Crippen LogP contribution in [0.1, 0.15) is 50.7 Å². The Morgan fingerprint density at radius 2 is 2.00 bits per heavy atom. The van der Waals surface area contributed by atoms with E-state index in [1.165, 1.54) is 39.3 Å². The molecule has 1 fully saturated rings. The highest BCUT2D eigenvalue weighted by molar-refractivity contribution is 7.10. The molecule has 1 heterocycles. The molecular formula is C29H32NS. The molecule has 3 aliphatic carbocycles. The number of hydrogen-bond donors (Lipinski definition) is 0. The van der Waals surface area contributed by atoms with Gasteiger partial charge in [0.2, 0.25) is 0 Å². The summed E-state index contributed by atoms with van der Waals surface area (Å²) < 4.78 is 0. The highest BCUT2D eigenvalue weighted by Crippen LogP contribution is 2.53. The molecule has 4 rings (SSSR count). The van der Waals surface area contributed by atoms with E-state index in [0.29, 0.717) is 11.8 Å². The van der Waals surface area contributed by atoms with Gasteiger partial charge in [0.1, 0.15) is 5.01 Å². The molecule has 1 radical (unpaired) electrons. The van der Waals surface area contributed by atoms with Crippen LogP contribution in [0.4, 0.5) is 0 Å². The molecule has 0 spiro atoms. The third kappa shape index (κ3) is 4.60. The molecule has 0 aromatic carbocycles. The van der Waals surface area contributed by atoms with E-state index in [4.69, 9.17) is 4.98 Å². The van der Waals surface area contributed by atoms with Gasteiger partial charge in [0, 0.05) is 11.3 Å². The van der Waals surface area contributed by atoms with Gasteiger partial charge in [-0.25, -0.2) is 4.98 Å². The van der Waals surface area contributed by atoms with Gasteiger partial charge in [-0.2, -0.15) is 0 Å². The van der Waals surface area contributed by atoms with Crippen LogP contribution in [0, 0.1) is 24.7 Å². The Hall–Kier alpha value is -2.45. The Kier molecular flexibility index (Phi) is 6.57. The average molecular weight is 427 g/mol. The molecule has 1 aromatic heterocycles. The van der Waals surface area contributed by atoms with Crippen LogP contribution in [0.5, 0.6) is 0 Å². The van der Waals surface area contributed by atoms with Crippen LogP contribution in [0.15, 0.2) is 88.9 Å². The maximum atomic E-state index is 5.15. The number of allylic oxidation sites excluding steroid dienone is 15. The molecule has 0 saturated heterocycles. The van der Waals surface area contributed by atoms with Crippen LogP contribution >= 0.6 is 11.3 Å². The molecule has 1 saturated carbocycles. The van der Waals surface area contributed by atoms with Gasteiger partial charge in [-0.15, -0.1) is 11.3 Å². The van der Waals surface area contributed by atoms with Crippen LogP contribution < -0.4 is 0 Å². The average Bonchev–Trinajstić information content (AvgIpc) is 3.25. The highest BCUT2D eigenvalue weighted by atomic mass is 32.1. The van der Waals surface area contributed by atoms with Gasteiger partial charge >= 0.3 is 0 Å². The van der Waals surface area contributed by atoms with E-state index in [1.54, 1.807) is 17.4 Å². The third-order valence-electron chi connectivity index (χ3n) is 6.52. The molecular weight excluding hydrogens is 394 g/mol. The summed E-state index contributed by atoms with van der Waals surface area (Å²) in [7, 11) is 0. The number of hydrogen-bond acceptors (Lipinski definition) is 2. The minimum atomic E-state index is 0.356. The van der Waals surface area contributed by atoms with E-state index in [-0.39, 0.29) is 0 Å². The predicted molar refractivity (Wildman–Crippen MR) is 136 cm³/mol. The van der Waals surface area contributed by atoms with Crippen molar-refractivity contribution in [3.05, 3.63) is 107 Å². The van der Waals surface area contributed by atoms with Crippen LogP contribution in [0.25, 0.3) is 11.1 Å². The van der Waals surface area contributed by atoms with Gasteiger partial charge in [-0.1, -0.05) is 78.8 Å². The van der Waals surface area contributed by atoms with E-state index in [0.717, 1.165) is 30.0 Å². The summed E-state index contributed by atoms with van der Waals surface area (Å²) in [5, 5.41) is 3.47. The summed E-state index contributed by atoms with van der Waals surface area (Å²) >= 11 is 1.81. The first-order chi connectivity index (χ1) is 15.0. The molecule has 2 heteroatoms. The summed E-state index contributed by atoms with van der Waals surface area (Å²) in [5.41, 5.74) is 9.22. The van der Waals surface area contributed by atoms with Gasteiger partial charge in [0.15, 0.2) is 0 Å². The lowest BCUT2D eigenvalue weighted by Gasteiger charge is -2.14. The minimum Gasteiger partial charge on any atom is -0.237 e. The van der Waals surface area contributed by atoms with E-state index < -0.39 is 0 Å². The lowest BCUT2D eigenvalue weighted by atomic mass is 9.90. The monoisotopic (exact) mass is 426 g/mol. The molecule has 0 amide bonds. The van der Waals surface area contributed by atoms with Crippen molar-refractivity contribution in [2.24, 2.45) is 17.8 Å². The van der Waals surface area contributed by atoms with Crippen LogP contribution in [0.3, 0.4) is 0 Å². The van der Waals surface area contributed by atoms with Crippen molar-refractivity contribution in [1.82, 2.24) is 4.98 Å². The van der Waals surface area contributed by atoms with E-state index in [1.807, 2.05) is 12.2 Å². The summed E-state index contributed by atoms with van der Waals surface area (Å²) in [6.07, 6.45) is 22.7. The maximum absolute atomic E-state index is 5.15. The van der Waals surface area contributed by atoms with Crippen molar-refractivity contribution in [2.75, 3.05) is 0 Å². The molecule has 3 aliphatic rings. The predicted octanol–water partition coefficient (Wildman–Crippen LogP) is 8.31. The summed E-state index contributed by atoms with van der Waals surface area (Å²) in [6, 6.07) is 0. The topological polar surface area (TPSA) is 12.9 Å². The first-order valence-electron chi connectivity index (χ1n) is 11.3. The zero-order valence-electron chi connectivity index (χ0n) is 18.9. The Morgan fingerprint density at radius 1 is 1.19 bits per heavy atom. The highest BCUT2D eigenvalue weighted by Gasteiger charge is 2.42. The van der Waals surface area contributed by atoms with Crippen molar-refractivity contribution in [2.45, 2.75) is 40.0 Å². The Labute approximate surface area is 191 Å². The van der Waals surface area contributed by atoms with Crippen molar-refractivity contribution in [1.29, 1.82) is 0 Å². The molecule has 1 aromatic rings. The van der Waals surface area contributed by atoms with Gasteiger partial charge < -0.3 is 0 Å². The molecule has 1 nitrogen and oxygen atoms in total. The van der Waals surface area contributed by atoms with Gasteiger partial charge in [-0.3, -0.25) is 0 Å². The number of aromatic nitrogens is 1. The van der Waals surface area contributed by atoms with Crippen molar-refractivity contribution in [3.8, 4) is 0 Å². The van der Waals surface area contributed by atoms with Gasteiger partial charge in [0.25, 0.3) is 0 Å². The fourth-order valence-electron chi connectivity index (χ4n) is 4.67. The second-order valence-corrected chi connectivity index (χ2v) is 9.60. The summed E-state index contributed by atoms with van der Waals surface area (Å²) in [6.45, 7) is 14.5. The Bertz CT molecular complexity index is 1080. The maximum Gasteiger partial charge on any atom is 0.120 e. The number of rotatable bonds is 8. The second-order valence-electron chi connectivity index (χ2n) is 8.74. The molecule has 0 bridgehead atoms. The lowest BCUT2D eigenvalue weighted by Crippen LogP contribution is -2.02. The molecule has 0 aliphatic heterocycles. The second kappa shape index (κ2) is 9.36. The number of thiazole rings is 1. The van der Waals surface area contributed by atoms with Gasteiger partial charge in [0.05, 0.1) is 5.69 Å². The Morgan fingerprint density at radius 3 is 2.74 bits per heavy atom. The summed E-state index contributed by atoms with van der Waals surface area (Å²) in [4.78, 5) is 5.15. The molecule has 31 heavy (non-hydrogen) atoms. The fourth-order valence-corrected chi connectivity index (χ4v) is 5.58. The van der Waals surface area contributed by atoms with Gasteiger partial charge in [-0.05, 0) is 74.7 Å². The lowest BCUT2D eigenvalue weighted by molar-refractivity contribution is 0.800. The Balaban J connectivity index is 1.59. The first-order valence-corrected chi connectivity index (χ1v) is 12.2. The molecule has 3 unspecified atom stereocenters. The molecule has 3 atom stereocenters. The van der Waals surface area contributed by atoms with Crippen LogP contribution in [-0.4, -0.2) is 4.98 Å². The smallest absolute Gasteiger partial charge is 0.120 e. The standard InChI is InChI=1S/C29H32NS/c1-6-8-9-10-11-12-13-23-20(5)24(19(3)4)17-26(23)28-18-31-29(30-28)27-15-21(7-2)14-22-16-25(22)27/h6,8-12,14-15,17-18,22-23,25H,1,3,7,13,16H2,2,4-5H3/b8-6-,10-9-,12-11-.